The minimum Gasteiger partial charge on any atom is -0.396 e. The summed E-state index contributed by atoms with van der Waals surface area (Å²) in [6.07, 6.45) is 3.54. The van der Waals surface area contributed by atoms with Crippen LogP contribution in [0.4, 0.5) is 11.4 Å². The second-order valence-corrected chi connectivity index (χ2v) is 3.40. The van der Waals surface area contributed by atoms with Crippen LogP contribution in [0, 0.1) is 0 Å². The van der Waals surface area contributed by atoms with Crippen LogP contribution >= 0.6 is 0 Å². The van der Waals surface area contributed by atoms with Crippen molar-refractivity contribution in [2.45, 2.75) is 12.5 Å². The van der Waals surface area contributed by atoms with Crippen molar-refractivity contribution in [2.75, 3.05) is 17.2 Å². The number of carbonyl (C=O) groups excluding carboxylic acids is 1. The number of amides is 1. The molecule has 1 fully saturated rings. The van der Waals surface area contributed by atoms with Gasteiger partial charge in [-0.25, -0.2) is 0 Å². The zero-order valence-corrected chi connectivity index (χ0v) is 7.68. The normalized spacial score (nSPS) is 21.6. The van der Waals surface area contributed by atoms with Crippen molar-refractivity contribution in [3.05, 3.63) is 18.5 Å². The molecule has 2 heterocycles. The van der Waals surface area contributed by atoms with Gasteiger partial charge in [0.25, 0.3) is 0 Å². The number of nitrogens with two attached hydrogens (primary N) is 2. The first-order chi connectivity index (χ1) is 6.68. The smallest absolute Gasteiger partial charge is 0.228 e. The number of nitrogen functional groups attached to an aromatic ring is 1. The number of carbonyl (C=O) groups is 1. The summed E-state index contributed by atoms with van der Waals surface area (Å²) in [5, 5.41) is 0. The number of pyridine rings is 1. The third kappa shape index (κ3) is 1.42. The molecular weight excluding hydrogens is 180 g/mol. The second kappa shape index (κ2) is 3.26. The zero-order valence-electron chi connectivity index (χ0n) is 7.68. The molecule has 5 nitrogen and oxygen atoms in total. The van der Waals surface area contributed by atoms with Gasteiger partial charge in [-0.2, -0.15) is 0 Å². The van der Waals surface area contributed by atoms with E-state index in [-0.39, 0.29) is 11.9 Å². The molecule has 0 bridgehead atoms. The summed E-state index contributed by atoms with van der Waals surface area (Å²) in [6.45, 7) is 0.535. The molecule has 0 aromatic carbocycles. The number of anilines is 2. The summed E-state index contributed by atoms with van der Waals surface area (Å²) < 4.78 is 0. The van der Waals surface area contributed by atoms with E-state index in [1.807, 2.05) is 0 Å². The van der Waals surface area contributed by atoms with Crippen LogP contribution in [0.2, 0.25) is 0 Å². The molecule has 1 amide bonds. The van der Waals surface area contributed by atoms with Gasteiger partial charge < -0.3 is 16.4 Å². The molecule has 2 rings (SSSR count). The fourth-order valence-electron chi connectivity index (χ4n) is 1.61. The quantitative estimate of drug-likeness (QED) is 0.641. The largest absolute Gasteiger partial charge is 0.396 e. The van der Waals surface area contributed by atoms with E-state index in [0.29, 0.717) is 24.3 Å². The highest BCUT2D eigenvalue weighted by Gasteiger charge is 2.28. The number of rotatable bonds is 1. The Balaban J connectivity index is 2.32. The Morgan fingerprint density at radius 2 is 2.36 bits per heavy atom. The molecule has 0 radical (unpaired) electrons. The maximum absolute atomic E-state index is 11.5. The van der Waals surface area contributed by atoms with Gasteiger partial charge in [0.2, 0.25) is 5.91 Å². The van der Waals surface area contributed by atoms with Gasteiger partial charge in [-0.1, -0.05) is 0 Å². The number of aromatic nitrogens is 1. The van der Waals surface area contributed by atoms with Gasteiger partial charge in [0.05, 0.1) is 17.6 Å². The van der Waals surface area contributed by atoms with Crippen LogP contribution in [0.25, 0.3) is 0 Å². The van der Waals surface area contributed by atoms with Crippen LogP contribution in [0.5, 0.6) is 0 Å². The highest BCUT2D eigenvalue weighted by molar-refractivity contribution is 5.98. The van der Waals surface area contributed by atoms with Crippen LogP contribution in [-0.4, -0.2) is 23.5 Å². The molecule has 0 saturated carbocycles. The van der Waals surface area contributed by atoms with Gasteiger partial charge in [-0.05, 0) is 6.07 Å². The zero-order chi connectivity index (χ0) is 10.1. The highest BCUT2D eigenvalue weighted by Crippen LogP contribution is 2.25. The van der Waals surface area contributed by atoms with Crippen molar-refractivity contribution < 1.29 is 4.79 Å². The first kappa shape index (κ1) is 8.96. The van der Waals surface area contributed by atoms with E-state index >= 15 is 0 Å². The molecule has 1 aliphatic rings. The molecule has 1 aliphatic heterocycles. The van der Waals surface area contributed by atoms with Crippen molar-refractivity contribution in [1.82, 2.24) is 4.98 Å². The van der Waals surface area contributed by atoms with Crippen molar-refractivity contribution in [1.29, 1.82) is 0 Å². The Labute approximate surface area is 81.7 Å². The molecule has 1 saturated heterocycles. The SMILES string of the molecule is Nc1cnccc1N1CC(N)CC1=O. The lowest BCUT2D eigenvalue weighted by Gasteiger charge is -2.17. The number of hydrogen-bond acceptors (Lipinski definition) is 4. The molecule has 0 aliphatic carbocycles. The summed E-state index contributed by atoms with van der Waals surface area (Å²) in [7, 11) is 0. The Morgan fingerprint density at radius 3 is 2.93 bits per heavy atom. The number of hydrogen-bond donors (Lipinski definition) is 2. The monoisotopic (exact) mass is 192 g/mol. The maximum Gasteiger partial charge on any atom is 0.228 e. The first-order valence-electron chi connectivity index (χ1n) is 4.44. The molecule has 1 aromatic rings. The standard InChI is InChI=1S/C9H12N4O/c10-6-3-9(14)13(5-6)8-1-2-12-4-7(8)11/h1-2,4,6H,3,5,10-11H2. The molecule has 4 N–H and O–H groups in total. The average molecular weight is 192 g/mol. The van der Waals surface area contributed by atoms with E-state index in [4.69, 9.17) is 11.5 Å². The molecule has 0 spiro atoms. The average Bonchev–Trinajstić information content (AvgIpc) is 2.46. The van der Waals surface area contributed by atoms with Crippen LogP contribution in [-0.2, 0) is 4.79 Å². The fourth-order valence-corrected chi connectivity index (χ4v) is 1.61. The lowest BCUT2D eigenvalue weighted by atomic mass is 10.3. The van der Waals surface area contributed by atoms with Crippen LogP contribution in [0.15, 0.2) is 18.5 Å². The minimum absolute atomic E-state index is 0.0235. The number of nitrogens with zero attached hydrogens (tertiary/aromatic N) is 2. The van der Waals surface area contributed by atoms with E-state index < -0.39 is 0 Å². The van der Waals surface area contributed by atoms with Crippen molar-refractivity contribution in [3.8, 4) is 0 Å². The van der Waals surface area contributed by atoms with Gasteiger partial charge in [-0.3, -0.25) is 9.78 Å². The molecule has 1 aromatic heterocycles. The molecule has 5 heteroatoms. The minimum atomic E-state index is -0.0879. The molecule has 1 unspecified atom stereocenters. The first-order valence-corrected chi connectivity index (χ1v) is 4.44. The summed E-state index contributed by atoms with van der Waals surface area (Å²) in [6, 6.07) is 1.64. The van der Waals surface area contributed by atoms with Gasteiger partial charge in [-0.15, -0.1) is 0 Å². The summed E-state index contributed by atoms with van der Waals surface area (Å²) in [4.78, 5) is 17.0. The molecular formula is C9H12N4O. The van der Waals surface area contributed by atoms with Crippen LogP contribution in [0.3, 0.4) is 0 Å². The van der Waals surface area contributed by atoms with Crippen LogP contribution < -0.4 is 16.4 Å². The maximum atomic E-state index is 11.5. The lowest BCUT2D eigenvalue weighted by Crippen LogP contribution is -2.28. The summed E-state index contributed by atoms with van der Waals surface area (Å²) in [5.74, 6) is 0.0235. The van der Waals surface area contributed by atoms with Gasteiger partial charge in [0.1, 0.15) is 0 Å². The third-order valence-corrected chi connectivity index (χ3v) is 2.27. The van der Waals surface area contributed by atoms with E-state index in [1.165, 1.54) is 6.20 Å². The summed E-state index contributed by atoms with van der Waals surface area (Å²) >= 11 is 0. The van der Waals surface area contributed by atoms with Gasteiger partial charge >= 0.3 is 0 Å². The Bertz CT molecular complexity index is 366. The van der Waals surface area contributed by atoms with Crippen LogP contribution in [0.1, 0.15) is 6.42 Å². The van der Waals surface area contributed by atoms with Crippen molar-refractivity contribution in [3.63, 3.8) is 0 Å². The summed E-state index contributed by atoms with van der Waals surface area (Å²) in [5.41, 5.74) is 12.6. The van der Waals surface area contributed by atoms with E-state index in [0.717, 1.165) is 0 Å². The molecule has 74 valence electrons. The van der Waals surface area contributed by atoms with Crippen molar-refractivity contribution >= 4 is 17.3 Å². The lowest BCUT2D eigenvalue weighted by molar-refractivity contribution is -0.117. The topological polar surface area (TPSA) is 85.2 Å². The Morgan fingerprint density at radius 1 is 1.57 bits per heavy atom. The Hall–Kier alpha value is -1.62. The Kier molecular flexibility index (Phi) is 2.09. The fraction of sp³-hybridized carbons (Fsp3) is 0.333. The van der Waals surface area contributed by atoms with Gasteiger partial charge in [0, 0.05) is 25.2 Å². The van der Waals surface area contributed by atoms with E-state index in [2.05, 4.69) is 4.98 Å². The van der Waals surface area contributed by atoms with E-state index in [1.54, 1.807) is 17.2 Å². The van der Waals surface area contributed by atoms with Gasteiger partial charge in [0.15, 0.2) is 0 Å². The third-order valence-electron chi connectivity index (χ3n) is 2.27. The van der Waals surface area contributed by atoms with Crippen molar-refractivity contribution in [2.24, 2.45) is 5.73 Å². The predicted molar refractivity (Wildman–Crippen MR) is 53.6 cm³/mol. The van der Waals surface area contributed by atoms with E-state index in [9.17, 15) is 4.79 Å². The predicted octanol–water partition coefficient (Wildman–Crippen LogP) is -0.272. The second-order valence-electron chi connectivity index (χ2n) is 3.40. The highest BCUT2D eigenvalue weighted by atomic mass is 16.2. The molecule has 1 atom stereocenters. The molecule has 14 heavy (non-hydrogen) atoms.